The summed E-state index contributed by atoms with van der Waals surface area (Å²) in [6, 6.07) is 1.90. The van der Waals surface area contributed by atoms with Crippen molar-refractivity contribution in [3.63, 3.8) is 0 Å². The van der Waals surface area contributed by atoms with E-state index in [-0.39, 0.29) is 12.8 Å². The molecule has 0 aromatic carbocycles. The average Bonchev–Trinajstić information content (AvgIpc) is 2.89. The van der Waals surface area contributed by atoms with Crippen molar-refractivity contribution < 1.29 is 19.1 Å². The lowest BCUT2D eigenvalue weighted by molar-refractivity contribution is -0.118. The Hall–Kier alpha value is -1.49. The van der Waals surface area contributed by atoms with E-state index in [2.05, 4.69) is 10.1 Å². The van der Waals surface area contributed by atoms with Gasteiger partial charge in [-0.3, -0.25) is 0 Å². The molecule has 20 heavy (non-hydrogen) atoms. The minimum atomic E-state index is -0.786. The zero-order valence-corrected chi connectivity index (χ0v) is 11.5. The lowest BCUT2D eigenvalue weighted by atomic mass is 9.93. The first-order chi connectivity index (χ1) is 9.70. The molecule has 0 amide bonds. The molecule has 1 aliphatic rings. The Morgan fingerprint density at radius 2 is 2.25 bits per heavy atom. The maximum atomic E-state index is 9.59. The molecule has 0 radical (unpaired) electrons. The van der Waals surface area contributed by atoms with Crippen LogP contribution in [0.3, 0.4) is 0 Å². The van der Waals surface area contributed by atoms with Crippen LogP contribution in [0, 0.1) is 11.3 Å². The zero-order chi connectivity index (χ0) is 14.4. The average molecular weight is 281 g/mol. The lowest BCUT2D eigenvalue weighted by Crippen LogP contribution is -2.37. The number of aliphatic hydroxyl groups excluding tert-OH is 1. The fourth-order valence-corrected chi connectivity index (χ4v) is 2.31. The molecule has 2 rings (SSSR count). The number of aliphatic hydroxyl groups is 1. The fraction of sp³-hybridized carbons (Fsp3) is 0.769. The molecule has 1 fully saturated rings. The van der Waals surface area contributed by atoms with Gasteiger partial charge in [0.25, 0.3) is 0 Å². The van der Waals surface area contributed by atoms with Gasteiger partial charge in [0.15, 0.2) is 0 Å². The highest BCUT2D eigenvalue weighted by Gasteiger charge is 2.39. The summed E-state index contributed by atoms with van der Waals surface area (Å²) in [5, 5.41) is 22.1. The molecular weight excluding hydrogens is 262 g/mol. The van der Waals surface area contributed by atoms with Gasteiger partial charge in [0.2, 0.25) is 11.7 Å². The summed E-state index contributed by atoms with van der Waals surface area (Å²) in [6.07, 6.45) is 0.800. The van der Waals surface area contributed by atoms with Crippen molar-refractivity contribution in [3.8, 4) is 6.07 Å². The summed E-state index contributed by atoms with van der Waals surface area (Å²) in [7, 11) is 0. The predicted octanol–water partition coefficient (Wildman–Crippen LogP) is 0.929. The Morgan fingerprint density at radius 3 is 2.90 bits per heavy atom. The van der Waals surface area contributed by atoms with Gasteiger partial charge in [-0.2, -0.15) is 10.2 Å². The van der Waals surface area contributed by atoms with E-state index in [9.17, 15) is 5.11 Å². The van der Waals surface area contributed by atoms with Crippen molar-refractivity contribution in [2.45, 2.75) is 44.3 Å². The van der Waals surface area contributed by atoms with Crippen LogP contribution in [0.2, 0.25) is 0 Å². The van der Waals surface area contributed by atoms with Crippen LogP contribution in [0.4, 0.5) is 0 Å². The Morgan fingerprint density at radius 1 is 1.50 bits per heavy atom. The van der Waals surface area contributed by atoms with Gasteiger partial charge in [-0.15, -0.1) is 0 Å². The molecular formula is C13H19N3O4. The quantitative estimate of drug-likeness (QED) is 0.827. The summed E-state index contributed by atoms with van der Waals surface area (Å²) >= 11 is 0. The van der Waals surface area contributed by atoms with E-state index in [1.807, 2.05) is 13.0 Å². The molecule has 7 heteroatoms. The largest absolute Gasteiger partial charge is 0.392 e. The van der Waals surface area contributed by atoms with Crippen LogP contribution in [-0.2, 0) is 21.5 Å². The van der Waals surface area contributed by atoms with E-state index in [1.165, 1.54) is 0 Å². The standard InChI is InChI=1S/C13H19N3O4/c1-2-19-13(4-7-18-8-5-13)12-15-11(20-16-12)9-10(17)3-6-14/h10,17H,2-5,7-9H2,1H3. The maximum absolute atomic E-state index is 9.59. The van der Waals surface area contributed by atoms with Gasteiger partial charge < -0.3 is 19.1 Å². The minimum absolute atomic E-state index is 0.0438. The van der Waals surface area contributed by atoms with Gasteiger partial charge in [-0.25, -0.2) is 0 Å². The topological polar surface area (TPSA) is 101 Å². The number of nitriles is 1. The Balaban J connectivity index is 2.10. The zero-order valence-electron chi connectivity index (χ0n) is 11.5. The first-order valence-corrected chi connectivity index (χ1v) is 6.80. The third kappa shape index (κ3) is 3.33. The maximum Gasteiger partial charge on any atom is 0.229 e. The molecule has 0 bridgehead atoms. The van der Waals surface area contributed by atoms with Gasteiger partial charge in [0.1, 0.15) is 5.60 Å². The molecule has 1 atom stereocenters. The number of hydrogen-bond donors (Lipinski definition) is 1. The molecule has 0 aliphatic carbocycles. The lowest BCUT2D eigenvalue weighted by Gasteiger charge is -2.33. The fourth-order valence-electron chi connectivity index (χ4n) is 2.31. The Kier molecular flexibility index (Phi) is 5.06. The number of nitrogens with zero attached hydrogens (tertiary/aromatic N) is 3. The molecule has 2 heterocycles. The second-order valence-corrected chi connectivity index (χ2v) is 4.77. The van der Waals surface area contributed by atoms with Crippen molar-refractivity contribution >= 4 is 0 Å². The molecule has 1 aromatic rings. The van der Waals surface area contributed by atoms with Crippen LogP contribution < -0.4 is 0 Å². The van der Waals surface area contributed by atoms with E-state index in [4.69, 9.17) is 19.3 Å². The third-order valence-electron chi connectivity index (χ3n) is 3.33. The molecule has 0 saturated carbocycles. The number of hydrogen-bond acceptors (Lipinski definition) is 7. The van der Waals surface area contributed by atoms with Gasteiger partial charge in [-0.1, -0.05) is 5.16 Å². The smallest absolute Gasteiger partial charge is 0.229 e. The molecule has 1 aromatic heterocycles. The van der Waals surface area contributed by atoms with Gasteiger partial charge >= 0.3 is 0 Å². The minimum Gasteiger partial charge on any atom is -0.392 e. The van der Waals surface area contributed by atoms with Crippen LogP contribution >= 0.6 is 0 Å². The van der Waals surface area contributed by atoms with Gasteiger partial charge in [0.05, 0.1) is 25.0 Å². The SMILES string of the molecule is CCOC1(c2noc(CC(O)CC#N)n2)CCOCC1. The van der Waals surface area contributed by atoms with Crippen molar-refractivity contribution in [3.05, 3.63) is 11.7 Å². The number of aromatic nitrogens is 2. The van der Waals surface area contributed by atoms with Crippen molar-refractivity contribution in [1.29, 1.82) is 5.26 Å². The highest BCUT2D eigenvalue weighted by molar-refractivity contribution is 5.04. The summed E-state index contributed by atoms with van der Waals surface area (Å²) in [6.45, 7) is 3.68. The van der Waals surface area contributed by atoms with E-state index in [0.717, 1.165) is 0 Å². The molecule has 110 valence electrons. The van der Waals surface area contributed by atoms with Gasteiger partial charge in [-0.05, 0) is 6.92 Å². The summed E-state index contributed by atoms with van der Waals surface area (Å²) in [4.78, 5) is 4.32. The van der Waals surface area contributed by atoms with Crippen LogP contribution in [0.1, 0.15) is 37.9 Å². The molecule has 1 saturated heterocycles. The second-order valence-electron chi connectivity index (χ2n) is 4.77. The predicted molar refractivity (Wildman–Crippen MR) is 67.6 cm³/mol. The normalized spacial score (nSPS) is 19.4. The first-order valence-electron chi connectivity index (χ1n) is 6.80. The summed E-state index contributed by atoms with van der Waals surface area (Å²) in [5.41, 5.74) is -0.561. The van der Waals surface area contributed by atoms with Crippen LogP contribution in [0.25, 0.3) is 0 Å². The van der Waals surface area contributed by atoms with Crippen molar-refractivity contribution in [2.24, 2.45) is 0 Å². The third-order valence-corrected chi connectivity index (χ3v) is 3.33. The van der Waals surface area contributed by atoms with E-state index in [1.54, 1.807) is 0 Å². The van der Waals surface area contributed by atoms with Crippen molar-refractivity contribution in [2.75, 3.05) is 19.8 Å². The molecule has 0 spiro atoms. The highest BCUT2D eigenvalue weighted by Crippen LogP contribution is 2.34. The highest BCUT2D eigenvalue weighted by atomic mass is 16.5. The Labute approximate surface area is 117 Å². The van der Waals surface area contributed by atoms with Crippen LogP contribution in [0.5, 0.6) is 0 Å². The molecule has 1 aliphatic heterocycles. The van der Waals surface area contributed by atoms with E-state index < -0.39 is 11.7 Å². The van der Waals surface area contributed by atoms with E-state index in [0.29, 0.717) is 44.4 Å². The van der Waals surface area contributed by atoms with Crippen LogP contribution in [-0.4, -0.2) is 41.2 Å². The second kappa shape index (κ2) is 6.79. The van der Waals surface area contributed by atoms with Crippen molar-refractivity contribution in [1.82, 2.24) is 10.1 Å². The molecule has 7 nitrogen and oxygen atoms in total. The first kappa shape index (κ1) is 14.9. The summed E-state index contributed by atoms with van der Waals surface area (Å²) in [5.74, 6) is 0.829. The number of ether oxygens (including phenoxy) is 2. The van der Waals surface area contributed by atoms with Crippen LogP contribution in [0.15, 0.2) is 4.52 Å². The molecule has 1 unspecified atom stereocenters. The summed E-state index contributed by atoms with van der Waals surface area (Å²) < 4.78 is 16.4. The Bertz CT molecular complexity index is 457. The monoisotopic (exact) mass is 281 g/mol. The van der Waals surface area contributed by atoms with Gasteiger partial charge in [0, 0.05) is 32.7 Å². The van der Waals surface area contributed by atoms with E-state index >= 15 is 0 Å². The number of rotatable bonds is 6. The molecule has 1 N–H and O–H groups in total.